The van der Waals surface area contributed by atoms with Gasteiger partial charge in [-0.2, -0.15) is 0 Å². The SMILES string of the molecule is CCCCCC(=O)SCC(=O)N(c1c(C)ccc(Cl)c1C)C(C)C(=O)OC. The predicted octanol–water partition coefficient (Wildman–Crippen LogP) is 4.69. The van der Waals surface area contributed by atoms with Crippen molar-refractivity contribution in [2.24, 2.45) is 0 Å². The van der Waals surface area contributed by atoms with Crippen LogP contribution in [0.1, 0.15) is 50.7 Å². The Kier molecular flexibility index (Phi) is 9.88. The number of carbonyl (C=O) groups excluding carboxylic acids is 3. The number of methoxy groups -OCH3 is 1. The van der Waals surface area contributed by atoms with Gasteiger partial charge in [-0.3, -0.25) is 14.5 Å². The van der Waals surface area contributed by atoms with Gasteiger partial charge in [-0.15, -0.1) is 0 Å². The summed E-state index contributed by atoms with van der Waals surface area (Å²) in [6, 6.07) is 2.74. The summed E-state index contributed by atoms with van der Waals surface area (Å²) in [5, 5.41) is 0.496. The van der Waals surface area contributed by atoms with E-state index in [-0.39, 0.29) is 16.8 Å². The number of hydrogen-bond donors (Lipinski definition) is 0. The minimum Gasteiger partial charge on any atom is -0.467 e. The molecular formula is C20H28ClNO4S. The van der Waals surface area contributed by atoms with Crippen LogP contribution >= 0.6 is 23.4 Å². The highest BCUT2D eigenvalue weighted by molar-refractivity contribution is 8.14. The quantitative estimate of drug-likeness (QED) is 0.434. The van der Waals surface area contributed by atoms with Crippen molar-refractivity contribution in [3.63, 3.8) is 0 Å². The standard InChI is InChI=1S/C20H28ClNO4S/c1-6-7-8-9-18(24)27-12-17(23)22(15(4)20(25)26-5)19-13(2)10-11-16(21)14(19)3/h10-11,15H,6-9,12H2,1-5H3. The van der Waals surface area contributed by atoms with Gasteiger partial charge in [-0.1, -0.05) is 49.2 Å². The van der Waals surface area contributed by atoms with Crippen LogP contribution in [-0.2, 0) is 19.1 Å². The molecule has 1 aromatic rings. The van der Waals surface area contributed by atoms with Gasteiger partial charge in [0.05, 0.1) is 18.6 Å². The van der Waals surface area contributed by atoms with E-state index in [9.17, 15) is 14.4 Å². The number of aryl methyl sites for hydroxylation is 1. The van der Waals surface area contributed by atoms with E-state index < -0.39 is 12.0 Å². The summed E-state index contributed by atoms with van der Waals surface area (Å²) in [7, 11) is 1.28. The van der Waals surface area contributed by atoms with Crippen molar-refractivity contribution in [2.45, 2.75) is 59.4 Å². The first-order valence-electron chi connectivity index (χ1n) is 9.05. The topological polar surface area (TPSA) is 63.7 Å². The first kappa shape index (κ1) is 23.5. The van der Waals surface area contributed by atoms with Crippen molar-refractivity contribution < 1.29 is 19.1 Å². The molecule has 1 aromatic carbocycles. The Labute approximate surface area is 170 Å². The van der Waals surface area contributed by atoms with Crippen LogP contribution in [-0.4, -0.2) is 35.9 Å². The maximum atomic E-state index is 13.0. The van der Waals surface area contributed by atoms with Gasteiger partial charge in [0.25, 0.3) is 0 Å². The molecule has 0 saturated carbocycles. The summed E-state index contributed by atoms with van der Waals surface area (Å²) in [6.07, 6.45) is 3.31. The molecule has 0 aliphatic carbocycles. The van der Waals surface area contributed by atoms with Crippen molar-refractivity contribution in [3.05, 3.63) is 28.3 Å². The molecule has 0 bridgehead atoms. The molecule has 0 fully saturated rings. The van der Waals surface area contributed by atoms with E-state index in [2.05, 4.69) is 6.92 Å². The summed E-state index contributed by atoms with van der Waals surface area (Å²) >= 11 is 7.23. The number of hydrogen-bond acceptors (Lipinski definition) is 5. The van der Waals surface area contributed by atoms with Gasteiger partial charge in [0.15, 0.2) is 5.12 Å². The zero-order chi connectivity index (χ0) is 20.6. The van der Waals surface area contributed by atoms with Gasteiger partial charge in [0.1, 0.15) is 6.04 Å². The van der Waals surface area contributed by atoms with E-state index >= 15 is 0 Å². The number of nitrogens with zero attached hydrogens (tertiary/aromatic N) is 1. The van der Waals surface area contributed by atoms with Crippen molar-refractivity contribution in [2.75, 3.05) is 17.8 Å². The summed E-state index contributed by atoms with van der Waals surface area (Å²) in [5.74, 6) is -0.880. The number of amides is 1. The van der Waals surface area contributed by atoms with Crippen molar-refractivity contribution in [3.8, 4) is 0 Å². The number of anilines is 1. The second-order valence-electron chi connectivity index (χ2n) is 6.42. The second-order valence-corrected chi connectivity index (χ2v) is 7.86. The minimum atomic E-state index is -0.825. The van der Waals surface area contributed by atoms with Gasteiger partial charge in [-0.25, -0.2) is 4.79 Å². The molecular weight excluding hydrogens is 386 g/mol. The van der Waals surface area contributed by atoms with E-state index in [0.717, 1.165) is 36.6 Å². The predicted molar refractivity (Wildman–Crippen MR) is 111 cm³/mol. The number of esters is 1. The number of thioether (sulfide) groups is 1. The molecule has 1 atom stereocenters. The molecule has 7 heteroatoms. The van der Waals surface area contributed by atoms with Crippen molar-refractivity contribution in [1.82, 2.24) is 0 Å². The molecule has 0 aliphatic heterocycles. The largest absolute Gasteiger partial charge is 0.467 e. The highest BCUT2D eigenvalue weighted by atomic mass is 35.5. The molecule has 0 radical (unpaired) electrons. The molecule has 0 aliphatic rings. The molecule has 1 unspecified atom stereocenters. The van der Waals surface area contributed by atoms with Crippen LogP contribution in [0.5, 0.6) is 0 Å². The van der Waals surface area contributed by atoms with Crippen LogP contribution in [0, 0.1) is 13.8 Å². The summed E-state index contributed by atoms with van der Waals surface area (Å²) in [5.41, 5.74) is 2.12. The average Bonchev–Trinajstić information content (AvgIpc) is 2.65. The van der Waals surface area contributed by atoms with E-state index in [4.69, 9.17) is 16.3 Å². The second kappa shape index (κ2) is 11.3. The van der Waals surface area contributed by atoms with Crippen LogP contribution in [0.3, 0.4) is 0 Å². The van der Waals surface area contributed by atoms with Gasteiger partial charge < -0.3 is 4.74 Å². The maximum Gasteiger partial charge on any atom is 0.328 e. The third-order valence-electron chi connectivity index (χ3n) is 4.35. The number of halogens is 1. The molecule has 0 saturated heterocycles. The lowest BCUT2D eigenvalue weighted by atomic mass is 10.1. The maximum absolute atomic E-state index is 13.0. The number of ether oxygens (including phenoxy) is 1. The molecule has 27 heavy (non-hydrogen) atoms. The van der Waals surface area contributed by atoms with Gasteiger partial charge in [0, 0.05) is 11.4 Å². The number of rotatable bonds is 9. The fourth-order valence-corrected chi connectivity index (χ4v) is 3.66. The molecule has 1 rings (SSSR count). The Bertz CT molecular complexity index is 693. The number of benzene rings is 1. The van der Waals surface area contributed by atoms with Crippen LogP contribution in [0.4, 0.5) is 5.69 Å². The number of carbonyl (C=O) groups is 3. The smallest absolute Gasteiger partial charge is 0.328 e. The third-order valence-corrected chi connectivity index (χ3v) is 5.67. The molecule has 0 spiro atoms. The van der Waals surface area contributed by atoms with Crippen molar-refractivity contribution >= 4 is 46.0 Å². The lowest BCUT2D eigenvalue weighted by Crippen LogP contribution is -2.45. The summed E-state index contributed by atoms with van der Waals surface area (Å²) in [4.78, 5) is 38.5. The van der Waals surface area contributed by atoms with E-state index in [1.54, 1.807) is 26.0 Å². The average molecular weight is 414 g/mol. The van der Waals surface area contributed by atoms with Gasteiger partial charge in [0.2, 0.25) is 5.91 Å². The Hall–Kier alpha value is -1.53. The van der Waals surface area contributed by atoms with Gasteiger partial charge >= 0.3 is 5.97 Å². The van der Waals surface area contributed by atoms with Crippen LogP contribution in [0.15, 0.2) is 12.1 Å². The highest BCUT2D eigenvalue weighted by Crippen LogP contribution is 2.32. The summed E-state index contributed by atoms with van der Waals surface area (Å²) < 4.78 is 4.83. The van der Waals surface area contributed by atoms with Crippen LogP contribution in [0.2, 0.25) is 5.02 Å². The molecule has 150 valence electrons. The zero-order valence-corrected chi connectivity index (χ0v) is 18.2. The van der Waals surface area contributed by atoms with Crippen LogP contribution in [0.25, 0.3) is 0 Å². The van der Waals surface area contributed by atoms with Gasteiger partial charge in [-0.05, 0) is 44.4 Å². The minimum absolute atomic E-state index is 0.0120. The molecule has 1 amide bonds. The molecule has 0 heterocycles. The summed E-state index contributed by atoms with van der Waals surface area (Å²) in [6.45, 7) is 7.34. The monoisotopic (exact) mass is 413 g/mol. The third kappa shape index (κ3) is 6.54. The highest BCUT2D eigenvalue weighted by Gasteiger charge is 2.31. The lowest BCUT2D eigenvalue weighted by molar-refractivity contribution is -0.142. The fourth-order valence-electron chi connectivity index (χ4n) is 2.80. The van der Waals surface area contributed by atoms with Crippen LogP contribution < -0.4 is 4.90 Å². The molecule has 5 nitrogen and oxygen atoms in total. The molecule has 0 aromatic heterocycles. The Morgan fingerprint density at radius 2 is 1.89 bits per heavy atom. The van der Waals surface area contributed by atoms with E-state index in [0.29, 0.717) is 22.7 Å². The van der Waals surface area contributed by atoms with Crippen molar-refractivity contribution in [1.29, 1.82) is 0 Å². The number of unbranched alkanes of at least 4 members (excludes halogenated alkanes) is 2. The first-order valence-corrected chi connectivity index (χ1v) is 10.4. The fraction of sp³-hybridized carbons (Fsp3) is 0.550. The van der Waals surface area contributed by atoms with E-state index in [1.807, 2.05) is 6.92 Å². The molecule has 0 N–H and O–H groups in total. The zero-order valence-electron chi connectivity index (χ0n) is 16.6. The van der Waals surface area contributed by atoms with E-state index in [1.165, 1.54) is 12.0 Å². The Morgan fingerprint density at radius 1 is 1.22 bits per heavy atom. The Morgan fingerprint density at radius 3 is 2.48 bits per heavy atom. The normalized spacial score (nSPS) is 11.8. The lowest BCUT2D eigenvalue weighted by Gasteiger charge is -2.30. The Balaban J connectivity index is 3.07. The first-order chi connectivity index (χ1) is 12.7.